The quantitative estimate of drug-likeness (QED) is 0.314. The number of fused-ring (bicyclic) bond motifs is 1. The number of nitrogens with one attached hydrogen (secondary N) is 1. The molecule has 0 aromatic carbocycles. The third-order valence-corrected chi connectivity index (χ3v) is 10.1. The van der Waals surface area contributed by atoms with Crippen molar-refractivity contribution in [3.8, 4) is 0 Å². The summed E-state index contributed by atoms with van der Waals surface area (Å²) >= 11 is 6.25. The maximum absolute atomic E-state index is 12.1. The SMILES string of the molecule is CC(C)C(=O)Nc1nc(Cl)c2ncn([C@@H]3O[C@H](CO)[C@@H](O[Si](O)(C(C)C)C(C)C)[C@H]3O)c2n1. The van der Waals surface area contributed by atoms with Crippen molar-refractivity contribution in [1.82, 2.24) is 19.5 Å². The van der Waals surface area contributed by atoms with Crippen molar-refractivity contribution < 1.29 is 29.0 Å². The van der Waals surface area contributed by atoms with Gasteiger partial charge in [-0.25, -0.2) is 4.98 Å². The summed E-state index contributed by atoms with van der Waals surface area (Å²) in [7, 11) is -3.25. The van der Waals surface area contributed by atoms with Gasteiger partial charge in [-0.2, -0.15) is 9.97 Å². The zero-order valence-corrected chi connectivity index (χ0v) is 21.3. The van der Waals surface area contributed by atoms with E-state index in [1.54, 1.807) is 13.8 Å². The zero-order valence-electron chi connectivity index (χ0n) is 19.6. The van der Waals surface area contributed by atoms with Crippen LogP contribution in [-0.2, 0) is 14.0 Å². The average molecular weight is 502 g/mol. The molecular weight excluding hydrogens is 470 g/mol. The number of halogens is 1. The summed E-state index contributed by atoms with van der Waals surface area (Å²) in [5, 5.41) is 23.6. The van der Waals surface area contributed by atoms with Gasteiger partial charge in [-0.3, -0.25) is 14.7 Å². The predicted molar refractivity (Wildman–Crippen MR) is 124 cm³/mol. The normalized spacial score (nSPS) is 23.9. The van der Waals surface area contributed by atoms with Gasteiger partial charge in [0.2, 0.25) is 11.9 Å². The Balaban J connectivity index is 1.96. The van der Waals surface area contributed by atoms with Gasteiger partial charge < -0.3 is 24.2 Å². The molecule has 184 valence electrons. The van der Waals surface area contributed by atoms with Crippen molar-refractivity contribution in [2.24, 2.45) is 5.92 Å². The molecule has 1 saturated heterocycles. The van der Waals surface area contributed by atoms with E-state index in [4.69, 9.17) is 20.8 Å². The molecule has 1 fully saturated rings. The lowest BCUT2D eigenvalue weighted by Crippen LogP contribution is -2.52. The summed E-state index contributed by atoms with van der Waals surface area (Å²) in [4.78, 5) is 35.9. The highest BCUT2D eigenvalue weighted by atomic mass is 35.5. The average Bonchev–Trinajstić information content (AvgIpc) is 3.29. The maximum Gasteiger partial charge on any atom is 0.341 e. The lowest BCUT2D eigenvalue weighted by atomic mass is 10.1. The van der Waals surface area contributed by atoms with Gasteiger partial charge in [0.25, 0.3) is 0 Å². The first-order valence-electron chi connectivity index (χ1n) is 11.0. The van der Waals surface area contributed by atoms with Gasteiger partial charge in [-0.1, -0.05) is 53.1 Å². The van der Waals surface area contributed by atoms with Gasteiger partial charge in [-0.15, -0.1) is 0 Å². The summed E-state index contributed by atoms with van der Waals surface area (Å²) in [6.45, 7) is 10.5. The molecule has 33 heavy (non-hydrogen) atoms. The fourth-order valence-electron chi connectivity index (χ4n) is 3.78. The van der Waals surface area contributed by atoms with Crippen molar-refractivity contribution in [1.29, 1.82) is 0 Å². The molecule has 0 unspecified atom stereocenters. The van der Waals surface area contributed by atoms with Crippen molar-refractivity contribution >= 4 is 43.2 Å². The molecule has 4 N–H and O–H groups in total. The second-order valence-corrected chi connectivity index (χ2v) is 13.6. The van der Waals surface area contributed by atoms with Crippen molar-refractivity contribution in [3.63, 3.8) is 0 Å². The van der Waals surface area contributed by atoms with Gasteiger partial charge in [0.15, 0.2) is 17.0 Å². The molecule has 3 heterocycles. The number of carbonyl (C=O) groups is 1. The number of nitrogens with zero attached hydrogens (tertiary/aromatic N) is 4. The van der Waals surface area contributed by atoms with E-state index in [0.29, 0.717) is 0 Å². The molecule has 2 aromatic heterocycles. The Morgan fingerprint density at radius 3 is 2.45 bits per heavy atom. The Kier molecular flexibility index (Phi) is 7.78. The van der Waals surface area contributed by atoms with E-state index in [2.05, 4.69) is 20.3 Å². The Labute approximate surface area is 198 Å². The Morgan fingerprint density at radius 1 is 1.27 bits per heavy atom. The van der Waals surface area contributed by atoms with Gasteiger partial charge in [0, 0.05) is 5.92 Å². The third-order valence-electron chi connectivity index (χ3n) is 5.88. The number of aliphatic hydroxyl groups is 2. The summed E-state index contributed by atoms with van der Waals surface area (Å²) in [5.74, 6) is -0.580. The van der Waals surface area contributed by atoms with Gasteiger partial charge >= 0.3 is 8.56 Å². The number of hydrogen-bond acceptors (Lipinski definition) is 9. The van der Waals surface area contributed by atoms with Gasteiger partial charge in [0.05, 0.1) is 12.9 Å². The summed E-state index contributed by atoms with van der Waals surface area (Å²) in [6.07, 6.45) is -2.71. The Hall–Kier alpha value is -1.67. The standard InChI is InChI=1S/C20H32ClN5O6Si/c1-9(2)18(29)25-20-23-16(21)13-17(24-20)26(8-22-13)19-14(28)15(12(7-27)31-19)32-33(30,10(3)4)11(5)6/h8-12,14-15,19,27-28,30H,7H2,1-6H3,(H,23,24,25,29)/t12-,14-,15-,19-/m1/s1. The number of amides is 1. The first kappa shape index (κ1) is 25.9. The largest absolute Gasteiger partial charge is 0.410 e. The molecule has 1 aliphatic rings. The molecule has 3 rings (SSSR count). The first-order chi connectivity index (χ1) is 15.4. The number of rotatable bonds is 8. The minimum atomic E-state index is -3.25. The highest BCUT2D eigenvalue weighted by molar-refractivity contribution is 6.68. The molecule has 0 spiro atoms. The minimum absolute atomic E-state index is 0.00616. The number of hydrogen-bond donors (Lipinski definition) is 4. The van der Waals surface area contributed by atoms with Crippen LogP contribution in [0.3, 0.4) is 0 Å². The van der Waals surface area contributed by atoms with E-state index in [-0.39, 0.29) is 45.2 Å². The van der Waals surface area contributed by atoms with Crippen LogP contribution in [0.25, 0.3) is 11.2 Å². The fourth-order valence-corrected chi connectivity index (χ4v) is 6.60. The second-order valence-electron chi connectivity index (χ2n) is 9.19. The van der Waals surface area contributed by atoms with Crippen molar-refractivity contribution in [3.05, 3.63) is 11.5 Å². The zero-order chi connectivity index (χ0) is 24.7. The lowest BCUT2D eigenvalue weighted by molar-refractivity contribution is -0.118. The van der Waals surface area contributed by atoms with E-state index < -0.39 is 39.7 Å². The summed E-state index contributed by atoms with van der Waals surface area (Å²) in [6, 6.07) is 0. The molecule has 11 nitrogen and oxygen atoms in total. The highest BCUT2D eigenvalue weighted by Crippen LogP contribution is 2.39. The smallest absolute Gasteiger partial charge is 0.341 e. The number of aliphatic hydroxyl groups excluding tert-OH is 2. The molecule has 0 bridgehead atoms. The molecule has 0 radical (unpaired) electrons. The van der Waals surface area contributed by atoms with Crippen LogP contribution in [0.1, 0.15) is 47.8 Å². The Bertz CT molecular complexity index is 995. The van der Waals surface area contributed by atoms with Crippen LogP contribution in [0.4, 0.5) is 5.95 Å². The van der Waals surface area contributed by atoms with Crippen molar-refractivity contribution in [2.45, 2.75) is 77.2 Å². The summed E-state index contributed by atoms with van der Waals surface area (Å²) in [5.41, 5.74) is 0.206. The molecule has 0 aliphatic carbocycles. The molecule has 0 saturated carbocycles. The molecule has 2 aromatic rings. The molecule has 1 aliphatic heterocycles. The monoisotopic (exact) mass is 501 g/mol. The second kappa shape index (κ2) is 9.90. The molecule has 4 atom stereocenters. The van der Waals surface area contributed by atoms with Gasteiger partial charge in [-0.05, 0) is 11.1 Å². The summed E-state index contributed by atoms with van der Waals surface area (Å²) < 4.78 is 13.5. The lowest BCUT2D eigenvalue weighted by Gasteiger charge is -2.36. The van der Waals surface area contributed by atoms with E-state index in [0.717, 1.165) is 0 Å². The topological polar surface area (TPSA) is 152 Å². The number of imidazole rings is 1. The number of carbonyl (C=O) groups excluding carboxylic acids is 1. The first-order valence-corrected chi connectivity index (χ1v) is 13.3. The van der Waals surface area contributed by atoms with Crippen LogP contribution in [0, 0.1) is 5.92 Å². The third kappa shape index (κ3) is 4.92. The van der Waals surface area contributed by atoms with E-state index in [9.17, 15) is 19.8 Å². The van der Waals surface area contributed by atoms with E-state index in [1.807, 2.05) is 27.7 Å². The van der Waals surface area contributed by atoms with E-state index >= 15 is 0 Å². The van der Waals surface area contributed by atoms with Gasteiger partial charge in [0.1, 0.15) is 23.8 Å². The number of ether oxygens (including phenoxy) is 1. The number of aromatic nitrogens is 4. The van der Waals surface area contributed by atoms with Crippen LogP contribution in [0.15, 0.2) is 6.33 Å². The van der Waals surface area contributed by atoms with Crippen LogP contribution in [0.5, 0.6) is 0 Å². The highest BCUT2D eigenvalue weighted by Gasteiger charge is 2.52. The van der Waals surface area contributed by atoms with Crippen LogP contribution in [-0.4, -0.2) is 73.9 Å². The van der Waals surface area contributed by atoms with Crippen LogP contribution < -0.4 is 5.32 Å². The molecular formula is C20H32ClN5O6Si. The Morgan fingerprint density at radius 2 is 1.91 bits per heavy atom. The van der Waals surface area contributed by atoms with E-state index in [1.165, 1.54) is 10.9 Å². The molecule has 1 amide bonds. The molecule has 13 heteroatoms. The maximum atomic E-state index is 12.1. The fraction of sp³-hybridized carbons (Fsp3) is 0.700. The number of anilines is 1. The van der Waals surface area contributed by atoms with Crippen molar-refractivity contribution in [2.75, 3.05) is 11.9 Å². The predicted octanol–water partition coefficient (Wildman–Crippen LogP) is 1.96. The van der Waals surface area contributed by atoms with Crippen LogP contribution >= 0.6 is 11.6 Å². The minimum Gasteiger partial charge on any atom is -0.410 e. The van der Waals surface area contributed by atoms with Crippen LogP contribution in [0.2, 0.25) is 16.2 Å².